The van der Waals surface area contributed by atoms with Gasteiger partial charge in [-0.25, -0.2) is 4.79 Å². The largest absolute Gasteiger partial charge is 0.495 e. The third-order valence-electron chi connectivity index (χ3n) is 4.58. The molecular formula is C16H20O7. The molecule has 3 atom stereocenters. The highest BCUT2D eigenvalue weighted by atomic mass is 16.6. The molecule has 23 heavy (non-hydrogen) atoms. The van der Waals surface area contributed by atoms with Crippen molar-refractivity contribution in [1.82, 2.24) is 0 Å². The number of hydrogen-bond acceptors (Lipinski definition) is 7. The molecule has 0 saturated heterocycles. The van der Waals surface area contributed by atoms with Gasteiger partial charge in [-0.15, -0.1) is 0 Å². The Morgan fingerprint density at radius 1 is 1.26 bits per heavy atom. The Balaban J connectivity index is 2.28. The molecule has 0 radical (unpaired) electrons. The summed E-state index contributed by atoms with van der Waals surface area (Å²) in [7, 11) is 1.41. The van der Waals surface area contributed by atoms with Gasteiger partial charge >= 0.3 is 5.97 Å². The van der Waals surface area contributed by atoms with E-state index in [2.05, 4.69) is 0 Å². The minimum atomic E-state index is -1.50. The van der Waals surface area contributed by atoms with Gasteiger partial charge in [0.2, 0.25) is 6.29 Å². The lowest BCUT2D eigenvalue weighted by atomic mass is 9.79. The van der Waals surface area contributed by atoms with E-state index in [1.165, 1.54) is 7.11 Å². The van der Waals surface area contributed by atoms with Crippen molar-refractivity contribution in [3.05, 3.63) is 22.3 Å². The second kappa shape index (κ2) is 5.09. The average Bonchev–Trinajstić information content (AvgIpc) is 2.73. The summed E-state index contributed by atoms with van der Waals surface area (Å²) in [5.74, 6) is -0.720. The molecule has 7 nitrogen and oxygen atoms in total. The van der Waals surface area contributed by atoms with Crippen LogP contribution in [0.15, 0.2) is 0 Å². The monoisotopic (exact) mass is 324 g/mol. The predicted octanol–water partition coefficient (Wildman–Crippen LogP) is 0.978. The Kier molecular flexibility index (Phi) is 3.55. The van der Waals surface area contributed by atoms with Crippen LogP contribution < -0.4 is 9.47 Å². The van der Waals surface area contributed by atoms with Crippen molar-refractivity contribution in [1.29, 1.82) is 0 Å². The number of benzene rings is 1. The van der Waals surface area contributed by atoms with Crippen LogP contribution in [0.1, 0.15) is 53.3 Å². The Bertz CT molecular complexity index is 674. The predicted molar refractivity (Wildman–Crippen MR) is 78.3 cm³/mol. The Morgan fingerprint density at radius 2 is 1.91 bits per heavy atom. The fourth-order valence-corrected chi connectivity index (χ4v) is 3.34. The quantitative estimate of drug-likeness (QED) is 0.696. The van der Waals surface area contributed by atoms with Gasteiger partial charge in [-0.05, 0) is 20.8 Å². The van der Waals surface area contributed by atoms with Crippen LogP contribution in [-0.4, -0.2) is 40.6 Å². The zero-order valence-corrected chi connectivity index (χ0v) is 13.4. The van der Waals surface area contributed by atoms with Gasteiger partial charge in [-0.2, -0.15) is 0 Å². The molecule has 0 amide bonds. The highest BCUT2D eigenvalue weighted by Gasteiger charge is 2.47. The van der Waals surface area contributed by atoms with Crippen LogP contribution in [0.2, 0.25) is 0 Å². The Morgan fingerprint density at radius 3 is 2.48 bits per heavy atom. The Labute approximate surface area is 133 Å². The van der Waals surface area contributed by atoms with Crippen LogP contribution in [0.4, 0.5) is 0 Å². The van der Waals surface area contributed by atoms with Crippen LogP contribution in [-0.2, 0) is 4.74 Å². The first kappa shape index (κ1) is 16.0. The van der Waals surface area contributed by atoms with Crippen LogP contribution in [0.5, 0.6) is 11.5 Å². The molecular weight excluding hydrogens is 304 g/mol. The first-order valence-electron chi connectivity index (χ1n) is 7.35. The number of carbonyl (C=O) groups excluding carboxylic acids is 1. The first-order valence-corrected chi connectivity index (χ1v) is 7.35. The van der Waals surface area contributed by atoms with E-state index < -0.39 is 29.9 Å². The smallest absolute Gasteiger partial charge is 0.345 e. The number of cyclic esters (lactones) is 1. The lowest BCUT2D eigenvalue weighted by Gasteiger charge is -2.39. The van der Waals surface area contributed by atoms with E-state index in [1.54, 1.807) is 20.8 Å². The summed E-state index contributed by atoms with van der Waals surface area (Å²) in [6.07, 6.45) is -2.61. The van der Waals surface area contributed by atoms with Crippen LogP contribution in [0, 0.1) is 12.8 Å². The summed E-state index contributed by atoms with van der Waals surface area (Å²) in [4.78, 5) is 12.0. The molecule has 2 aliphatic rings. The number of aliphatic hydroxyl groups is 3. The fourth-order valence-electron chi connectivity index (χ4n) is 3.34. The van der Waals surface area contributed by atoms with Gasteiger partial charge in [0.15, 0.2) is 0 Å². The van der Waals surface area contributed by atoms with E-state index in [4.69, 9.17) is 14.2 Å². The highest BCUT2D eigenvalue weighted by Crippen LogP contribution is 2.51. The maximum atomic E-state index is 12.0. The Hall–Kier alpha value is -1.83. The minimum absolute atomic E-state index is 0.0929. The topological polar surface area (TPSA) is 105 Å². The zero-order valence-electron chi connectivity index (χ0n) is 13.4. The molecule has 0 bridgehead atoms. The second-order valence-corrected chi connectivity index (χ2v) is 6.46. The summed E-state index contributed by atoms with van der Waals surface area (Å²) in [5.41, 5.74) is -0.147. The highest BCUT2D eigenvalue weighted by molar-refractivity contribution is 5.98. The van der Waals surface area contributed by atoms with Gasteiger partial charge in [0, 0.05) is 16.7 Å². The molecule has 1 unspecified atom stereocenters. The zero-order chi connectivity index (χ0) is 17.1. The van der Waals surface area contributed by atoms with Crippen LogP contribution >= 0.6 is 0 Å². The molecule has 126 valence electrons. The lowest BCUT2D eigenvalue weighted by Crippen LogP contribution is -2.42. The van der Waals surface area contributed by atoms with Crippen molar-refractivity contribution in [3.63, 3.8) is 0 Å². The van der Waals surface area contributed by atoms with E-state index in [1.807, 2.05) is 0 Å². The standard InChI is InChI=1S/C16H20O7/c1-6-12(21-4)10-8(14(18)23-15(10)19)9-11(17)7(16(2,3)20)5-22-13(6)9/h7,11,14,17-18,20H,5H2,1-4H3/t7-,11+,14?/m0/s1. The number of carbonyl (C=O) groups is 1. The molecule has 0 spiro atoms. The normalized spacial score (nSPS) is 26.2. The lowest BCUT2D eigenvalue weighted by molar-refractivity contribution is -0.0826. The van der Waals surface area contributed by atoms with Crippen LogP contribution in [0.25, 0.3) is 0 Å². The summed E-state index contributed by atoms with van der Waals surface area (Å²) in [6, 6.07) is 0. The third kappa shape index (κ3) is 2.19. The molecule has 0 aliphatic carbocycles. The summed E-state index contributed by atoms with van der Waals surface area (Å²) < 4.78 is 15.9. The van der Waals surface area contributed by atoms with E-state index in [9.17, 15) is 20.1 Å². The van der Waals surface area contributed by atoms with Gasteiger partial charge < -0.3 is 29.5 Å². The molecule has 0 fully saturated rings. The molecule has 3 N–H and O–H groups in total. The first-order chi connectivity index (χ1) is 10.7. The summed E-state index contributed by atoms with van der Waals surface area (Å²) in [6.45, 7) is 4.95. The summed E-state index contributed by atoms with van der Waals surface area (Å²) >= 11 is 0. The molecule has 1 aromatic rings. The number of hydrogen-bond donors (Lipinski definition) is 3. The van der Waals surface area contributed by atoms with E-state index in [0.29, 0.717) is 11.3 Å². The molecule has 1 aromatic carbocycles. The molecule has 2 aliphatic heterocycles. The number of methoxy groups -OCH3 is 1. The van der Waals surface area contributed by atoms with E-state index in [-0.39, 0.29) is 29.0 Å². The number of aliphatic hydroxyl groups excluding tert-OH is 2. The van der Waals surface area contributed by atoms with E-state index >= 15 is 0 Å². The molecule has 0 saturated carbocycles. The summed E-state index contributed by atoms with van der Waals surface area (Å²) in [5, 5.41) is 31.1. The van der Waals surface area contributed by atoms with Crippen molar-refractivity contribution in [2.24, 2.45) is 5.92 Å². The van der Waals surface area contributed by atoms with Gasteiger partial charge in [0.05, 0.1) is 31.3 Å². The molecule has 0 aromatic heterocycles. The van der Waals surface area contributed by atoms with E-state index in [0.717, 1.165) is 0 Å². The number of ether oxygens (including phenoxy) is 3. The van der Waals surface area contributed by atoms with Gasteiger partial charge in [0.1, 0.15) is 17.1 Å². The molecule has 2 heterocycles. The number of esters is 1. The SMILES string of the molecule is COc1c(C)c2c(c3c1C(=O)OC3O)[C@H](O)[C@@H](C(C)(C)O)CO2. The average molecular weight is 324 g/mol. The van der Waals surface area contributed by atoms with Crippen molar-refractivity contribution in [2.75, 3.05) is 13.7 Å². The van der Waals surface area contributed by atoms with Crippen LogP contribution in [0.3, 0.4) is 0 Å². The fraction of sp³-hybridized carbons (Fsp3) is 0.562. The van der Waals surface area contributed by atoms with Crippen molar-refractivity contribution < 1.29 is 34.3 Å². The van der Waals surface area contributed by atoms with Crippen molar-refractivity contribution in [3.8, 4) is 11.5 Å². The number of rotatable bonds is 2. The van der Waals surface area contributed by atoms with Gasteiger partial charge in [0.25, 0.3) is 0 Å². The van der Waals surface area contributed by atoms with Gasteiger partial charge in [-0.3, -0.25) is 0 Å². The van der Waals surface area contributed by atoms with Crippen molar-refractivity contribution in [2.45, 2.75) is 38.8 Å². The van der Waals surface area contributed by atoms with Crippen molar-refractivity contribution >= 4 is 5.97 Å². The molecule has 7 heteroatoms. The maximum Gasteiger partial charge on any atom is 0.345 e. The van der Waals surface area contributed by atoms with Gasteiger partial charge in [-0.1, -0.05) is 0 Å². The second-order valence-electron chi connectivity index (χ2n) is 6.46. The number of fused-ring (bicyclic) bond motifs is 3. The molecule has 3 rings (SSSR count). The third-order valence-corrected chi connectivity index (χ3v) is 4.58. The minimum Gasteiger partial charge on any atom is -0.495 e. The maximum absolute atomic E-state index is 12.0.